The molecule has 1 aromatic carbocycles. The summed E-state index contributed by atoms with van der Waals surface area (Å²) in [4.78, 5) is 11.5. The van der Waals surface area contributed by atoms with Gasteiger partial charge >= 0.3 is 0 Å². The van der Waals surface area contributed by atoms with Gasteiger partial charge in [-0.05, 0) is 17.5 Å². The molecule has 0 fully saturated rings. The van der Waals surface area contributed by atoms with E-state index < -0.39 is 30.7 Å². The van der Waals surface area contributed by atoms with E-state index in [1.54, 1.807) is 25.1 Å². The summed E-state index contributed by atoms with van der Waals surface area (Å²) in [5, 5.41) is 2.10. The highest BCUT2D eigenvalue weighted by Crippen LogP contribution is 2.21. The van der Waals surface area contributed by atoms with Crippen molar-refractivity contribution in [2.24, 2.45) is 5.73 Å². The van der Waals surface area contributed by atoms with Gasteiger partial charge in [0.1, 0.15) is 5.82 Å². The van der Waals surface area contributed by atoms with Gasteiger partial charge in [0.25, 0.3) is 5.92 Å². The highest BCUT2D eigenvalue weighted by molar-refractivity contribution is 5.76. The number of alkyl halides is 2. The smallest absolute Gasteiger partial charge is 0.277 e. The monoisotopic (exact) mass is 274 g/mol. The second kappa shape index (κ2) is 6.56. The molecule has 0 saturated carbocycles. The molecule has 6 heteroatoms. The van der Waals surface area contributed by atoms with Gasteiger partial charge in [-0.3, -0.25) is 4.79 Å². The predicted molar refractivity (Wildman–Crippen MR) is 66.4 cm³/mol. The minimum Gasteiger partial charge on any atom is -0.350 e. The van der Waals surface area contributed by atoms with Crippen LogP contribution in [0.2, 0.25) is 0 Å². The predicted octanol–water partition coefficient (Wildman–Crippen LogP) is 2.03. The Morgan fingerprint density at radius 1 is 1.42 bits per heavy atom. The lowest BCUT2D eigenvalue weighted by atomic mass is 9.97. The van der Waals surface area contributed by atoms with E-state index in [4.69, 9.17) is 5.73 Å². The van der Waals surface area contributed by atoms with Crippen molar-refractivity contribution in [3.05, 3.63) is 35.6 Å². The Hall–Kier alpha value is -1.56. The molecule has 0 aliphatic rings. The number of rotatable bonds is 6. The quantitative estimate of drug-likeness (QED) is 0.834. The second-order valence-electron chi connectivity index (χ2n) is 4.46. The average molecular weight is 274 g/mol. The third-order valence-electron chi connectivity index (χ3n) is 2.77. The van der Waals surface area contributed by atoms with Gasteiger partial charge in [-0.1, -0.05) is 25.1 Å². The highest BCUT2D eigenvalue weighted by atomic mass is 19.3. The summed E-state index contributed by atoms with van der Waals surface area (Å²) in [6.07, 6.45) is -0.0540. The summed E-state index contributed by atoms with van der Waals surface area (Å²) in [7, 11) is 0. The topological polar surface area (TPSA) is 55.1 Å². The van der Waals surface area contributed by atoms with Crippen molar-refractivity contribution in [2.45, 2.75) is 25.2 Å². The van der Waals surface area contributed by atoms with Gasteiger partial charge < -0.3 is 11.1 Å². The van der Waals surface area contributed by atoms with Crippen LogP contribution in [0, 0.1) is 5.82 Å². The van der Waals surface area contributed by atoms with Crippen LogP contribution in [0.25, 0.3) is 0 Å². The second-order valence-corrected chi connectivity index (χ2v) is 4.46. The third kappa shape index (κ3) is 4.90. The molecule has 1 atom stereocenters. The maximum absolute atomic E-state index is 13.5. The maximum atomic E-state index is 13.5. The molecule has 0 saturated heterocycles. The van der Waals surface area contributed by atoms with Crippen molar-refractivity contribution >= 4 is 5.91 Å². The first-order valence-corrected chi connectivity index (χ1v) is 5.95. The highest BCUT2D eigenvalue weighted by Gasteiger charge is 2.27. The molecule has 1 unspecified atom stereocenters. The van der Waals surface area contributed by atoms with Crippen molar-refractivity contribution in [3.63, 3.8) is 0 Å². The molecule has 0 aliphatic heterocycles. The van der Waals surface area contributed by atoms with Crippen LogP contribution in [0.4, 0.5) is 13.2 Å². The summed E-state index contributed by atoms with van der Waals surface area (Å²) in [6, 6.07) is 6.08. The fourth-order valence-corrected chi connectivity index (χ4v) is 1.64. The Labute approximate surface area is 110 Å². The standard InChI is InChI=1S/C13H17F3N2O/c1-9(10-4-2-3-5-11(10)14)6-12(19)18-8-13(15,16)7-17/h2-5,9H,6-8,17H2,1H3,(H,18,19). The molecule has 1 aromatic rings. The SMILES string of the molecule is CC(CC(=O)NCC(F)(F)CN)c1ccccc1F. The summed E-state index contributed by atoms with van der Waals surface area (Å²) >= 11 is 0. The number of carbonyl (C=O) groups is 1. The molecular weight excluding hydrogens is 257 g/mol. The Bertz CT molecular complexity index is 438. The van der Waals surface area contributed by atoms with Crippen LogP contribution in [0.5, 0.6) is 0 Å². The summed E-state index contributed by atoms with van der Waals surface area (Å²) in [6.45, 7) is 0.0432. The normalized spacial score (nSPS) is 13.1. The fraction of sp³-hybridized carbons (Fsp3) is 0.462. The molecule has 0 aliphatic carbocycles. The molecule has 0 aromatic heterocycles. The van der Waals surface area contributed by atoms with Crippen LogP contribution in [0.15, 0.2) is 24.3 Å². The van der Waals surface area contributed by atoms with Crippen LogP contribution in [0.1, 0.15) is 24.8 Å². The molecular formula is C13H17F3N2O. The number of halogens is 3. The summed E-state index contributed by atoms with van der Waals surface area (Å²) in [5.74, 6) is -4.46. The van der Waals surface area contributed by atoms with E-state index in [9.17, 15) is 18.0 Å². The number of carbonyl (C=O) groups excluding carboxylic acids is 1. The molecule has 0 radical (unpaired) electrons. The van der Waals surface area contributed by atoms with E-state index in [1.807, 2.05) is 0 Å². The molecule has 1 rings (SSSR count). The van der Waals surface area contributed by atoms with Crippen molar-refractivity contribution < 1.29 is 18.0 Å². The zero-order chi connectivity index (χ0) is 14.5. The third-order valence-corrected chi connectivity index (χ3v) is 2.77. The lowest BCUT2D eigenvalue weighted by Gasteiger charge is -2.16. The zero-order valence-electron chi connectivity index (χ0n) is 10.6. The Morgan fingerprint density at radius 3 is 2.63 bits per heavy atom. The maximum Gasteiger partial charge on any atom is 0.277 e. The molecule has 3 nitrogen and oxygen atoms in total. The van der Waals surface area contributed by atoms with Crippen LogP contribution in [0.3, 0.4) is 0 Å². The van der Waals surface area contributed by atoms with E-state index >= 15 is 0 Å². The summed E-state index contributed by atoms with van der Waals surface area (Å²) in [5.41, 5.74) is 5.25. The van der Waals surface area contributed by atoms with E-state index in [1.165, 1.54) is 6.07 Å². The molecule has 0 spiro atoms. The number of hydrogen-bond donors (Lipinski definition) is 2. The lowest BCUT2D eigenvalue weighted by molar-refractivity contribution is -0.123. The minimum atomic E-state index is -3.11. The number of nitrogens with one attached hydrogen (secondary N) is 1. The van der Waals surface area contributed by atoms with Crippen molar-refractivity contribution in [2.75, 3.05) is 13.1 Å². The van der Waals surface area contributed by atoms with Gasteiger partial charge in [0, 0.05) is 6.42 Å². The van der Waals surface area contributed by atoms with Crippen molar-refractivity contribution in [3.8, 4) is 0 Å². The minimum absolute atomic E-state index is 0.0540. The molecule has 0 bridgehead atoms. The van der Waals surface area contributed by atoms with Crippen LogP contribution < -0.4 is 11.1 Å². The molecule has 0 heterocycles. The number of nitrogens with two attached hydrogens (primary N) is 1. The molecule has 19 heavy (non-hydrogen) atoms. The average Bonchev–Trinajstić information content (AvgIpc) is 2.37. The van der Waals surface area contributed by atoms with Crippen molar-refractivity contribution in [1.29, 1.82) is 0 Å². The van der Waals surface area contributed by atoms with Gasteiger partial charge in [-0.2, -0.15) is 0 Å². The van der Waals surface area contributed by atoms with Crippen LogP contribution >= 0.6 is 0 Å². The molecule has 1 amide bonds. The van der Waals surface area contributed by atoms with Gasteiger partial charge in [-0.15, -0.1) is 0 Å². The number of amides is 1. The van der Waals surface area contributed by atoms with E-state index in [0.29, 0.717) is 5.56 Å². The lowest BCUT2D eigenvalue weighted by Crippen LogP contribution is -2.41. The van der Waals surface area contributed by atoms with Gasteiger partial charge in [0.2, 0.25) is 5.91 Å². The first-order chi connectivity index (χ1) is 8.85. The Morgan fingerprint density at radius 2 is 2.05 bits per heavy atom. The van der Waals surface area contributed by atoms with Crippen LogP contribution in [-0.4, -0.2) is 24.9 Å². The molecule has 3 N–H and O–H groups in total. The van der Waals surface area contributed by atoms with Gasteiger partial charge in [0.05, 0.1) is 13.1 Å². The van der Waals surface area contributed by atoms with E-state index in [2.05, 4.69) is 5.32 Å². The summed E-state index contributed by atoms with van der Waals surface area (Å²) < 4.78 is 39.1. The zero-order valence-corrected chi connectivity index (χ0v) is 10.6. The van der Waals surface area contributed by atoms with Crippen molar-refractivity contribution in [1.82, 2.24) is 5.32 Å². The van der Waals surface area contributed by atoms with E-state index in [0.717, 1.165) is 0 Å². The molecule has 106 valence electrons. The van der Waals surface area contributed by atoms with Crippen LogP contribution in [-0.2, 0) is 4.79 Å². The Kier molecular flexibility index (Phi) is 5.35. The number of benzene rings is 1. The fourth-order valence-electron chi connectivity index (χ4n) is 1.64. The van der Waals surface area contributed by atoms with Gasteiger partial charge in [-0.25, -0.2) is 13.2 Å². The Balaban J connectivity index is 2.51. The first-order valence-electron chi connectivity index (χ1n) is 5.95. The first kappa shape index (κ1) is 15.5. The van der Waals surface area contributed by atoms with Gasteiger partial charge in [0.15, 0.2) is 0 Å². The number of hydrogen-bond acceptors (Lipinski definition) is 2. The van der Waals surface area contributed by atoms with E-state index in [-0.39, 0.29) is 12.3 Å². The largest absolute Gasteiger partial charge is 0.350 e.